The summed E-state index contributed by atoms with van der Waals surface area (Å²) in [5.41, 5.74) is 0. The molecule has 2 heteroatoms. The van der Waals surface area contributed by atoms with Gasteiger partial charge in [0.25, 0.3) is 0 Å². The van der Waals surface area contributed by atoms with E-state index in [4.69, 9.17) is 0 Å². The molecule has 2 fully saturated rings. The summed E-state index contributed by atoms with van der Waals surface area (Å²) in [6.07, 6.45) is 3.63. The Morgan fingerprint density at radius 2 is 2.38 bits per heavy atom. The molecule has 0 aromatic heterocycles. The quantitative estimate of drug-likeness (QED) is 0.441. The first-order valence-corrected chi connectivity index (χ1v) is 3.25. The van der Waals surface area contributed by atoms with Crippen LogP contribution in [0.4, 0.5) is 0 Å². The van der Waals surface area contributed by atoms with E-state index in [0.717, 1.165) is 19.1 Å². The lowest BCUT2D eigenvalue weighted by Gasteiger charge is -2.21. The maximum atomic E-state index is 3.47. The lowest BCUT2D eigenvalue weighted by Crippen LogP contribution is -2.48. The van der Waals surface area contributed by atoms with Crippen LogP contribution in [0.3, 0.4) is 0 Å². The molecule has 2 N–H and O–H groups in total. The molecule has 0 unspecified atom stereocenters. The third-order valence-electron chi connectivity index (χ3n) is 1.91. The molecule has 0 amide bonds. The molecular weight excluding hydrogens is 100 g/mol. The predicted octanol–water partition coefficient (Wildman–Crippen LogP) is -0.476. The Kier molecular flexibility index (Phi) is 1.02. The Hall–Kier alpha value is -0.0800. The Labute approximate surface area is 49.7 Å². The van der Waals surface area contributed by atoms with Crippen LogP contribution in [0.2, 0.25) is 0 Å². The second kappa shape index (κ2) is 1.71. The van der Waals surface area contributed by atoms with E-state index in [0.29, 0.717) is 6.04 Å². The highest BCUT2D eigenvalue weighted by molar-refractivity contribution is 5.01. The van der Waals surface area contributed by atoms with Crippen molar-refractivity contribution in [3.05, 3.63) is 6.42 Å². The second-order valence-electron chi connectivity index (χ2n) is 2.60. The fraction of sp³-hybridized carbons (Fsp3) is 0.833. The molecule has 2 heterocycles. The van der Waals surface area contributed by atoms with Crippen molar-refractivity contribution < 1.29 is 0 Å². The fourth-order valence-corrected chi connectivity index (χ4v) is 1.46. The normalized spacial score (nSPS) is 45.0. The molecule has 2 aliphatic heterocycles. The molecule has 2 nitrogen and oxygen atoms in total. The smallest absolute Gasteiger partial charge is 0.0227 e. The Balaban J connectivity index is 2.03. The first kappa shape index (κ1) is 4.77. The van der Waals surface area contributed by atoms with Gasteiger partial charge in [0.1, 0.15) is 0 Å². The molecule has 2 saturated heterocycles. The molecule has 1 radical (unpaired) electrons. The van der Waals surface area contributed by atoms with E-state index in [2.05, 4.69) is 17.1 Å². The van der Waals surface area contributed by atoms with Crippen LogP contribution in [0.1, 0.15) is 6.42 Å². The SMILES string of the molecule is [CH]1C[C@@H]2CNC[C@H]1N2. The molecule has 0 aliphatic carbocycles. The minimum absolute atomic E-state index is 0.675. The lowest BCUT2D eigenvalue weighted by atomic mass is 10.2. The number of hydrogen-bond donors (Lipinski definition) is 2. The molecule has 2 atom stereocenters. The summed E-state index contributed by atoms with van der Waals surface area (Å²) in [5.74, 6) is 0. The number of piperazine rings is 1. The largest absolute Gasteiger partial charge is 0.314 e. The number of nitrogens with one attached hydrogen (secondary N) is 2. The van der Waals surface area contributed by atoms with Gasteiger partial charge in [-0.2, -0.15) is 0 Å². The summed E-state index contributed by atoms with van der Waals surface area (Å²) in [4.78, 5) is 0. The molecule has 0 saturated carbocycles. The van der Waals surface area contributed by atoms with Gasteiger partial charge >= 0.3 is 0 Å². The standard InChI is InChI=1S/C6H11N2/c1-2-6-4-7-3-5(1)8-6/h1,5-8H,2-4H2/t5-,6+/m0/s1. The zero-order valence-corrected chi connectivity index (χ0v) is 4.85. The third-order valence-corrected chi connectivity index (χ3v) is 1.91. The van der Waals surface area contributed by atoms with Crippen LogP contribution in [0.15, 0.2) is 0 Å². The van der Waals surface area contributed by atoms with Crippen LogP contribution in [-0.4, -0.2) is 25.2 Å². The highest BCUT2D eigenvalue weighted by Gasteiger charge is 2.26. The fourth-order valence-electron chi connectivity index (χ4n) is 1.46. The highest BCUT2D eigenvalue weighted by atomic mass is 15.1. The van der Waals surface area contributed by atoms with Gasteiger partial charge in [-0.1, -0.05) is 0 Å². The molecule has 2 rings (SSSR count). The molecule has 8 heavy (non-hydrogen) atoms. The number of fused-ring (bicyclic) bond motifs is 2. The van der Waals surface area contributed by atoms with Gasteiger partial charge in [0.2, 0.25) is 0 Å². The van der Waals surface area contributed by atoms with Gasteiger partial charge < -0.3 is 10.6 Å². The molecule has 2 bridgehead atoms. The van der Waals surface area contributed by atoms with Gasteiger partial charge in [0, 0.05) is 25.2 Å². The van der Waals surface area contributed by atoms with Gasteiger partial charge in [-0.3, -0.25) is 0 Å². The summed E-state index contributed by atoms with van der Waals surface area (Å²) in [6, 6.07) is 1.42. The van der Waals surface area contributed by atoms with Crippen LogP contribution in [0, 0.1) is 6.42 Å². The molecule has 0 aromatic rings. The minimum Gasteiger partial charge on any atom is -0.314 e. The van der Waals surface area contributed by atoms with Crippen molar-refractivity contribution in [2.75, 3.05) is 13.1 Å². The van der Waals surface area contributed by atoms with E-state index in [1.54, 1.807) is 0 Å². The molecule has 0 spiro atoms. The van der Waals surface area contributed by atoms with Crippen molar-refractivity contribution in [1.29, 1.82) is 0 Å². The Bertz CT molecular complexity index is 78.5. The van der Waals surface area contributed by atoms with Crippen LogP contribution in [0.5, 0.6) is 0 Å². The van der Waals surface area contributed by atoms with Gasteiger partial charge in [-0.05, 0) is 12.8 Å². The maximum Gasteiger partial charge on any atom is 0.0227 e. The molecule has 45 valence electrons. The first-order chi connectivity index (χ1) is 3.95. The summed E-state index contributed by atoms with van der Waals surface area (Å²) in [6.45, 7) is 2.30. The average Bonchev–Trinajstić information content (AvgIpc) is 2.12. The average molecular weight is 111 g/mol. The summed E-state index contributed by atoms with van der Waals surface area (Å²) >= 11 is 0. The Morgan fingerprint density at radius 1 is 1.38 bits per heavy atom. The summed E-state index contributed by atoms with van der Waals surface area (Å²) < 4.78 is 0. The zero-order chi connectivity index (χ0) is 5.40. The molecular formula is C6H11N2. The Morgan fingerprint density at radius 3 is 3.12 bits per heavy atom. The maximum absolute atomic E-state index is 3.47. The van der Waals surface area contributed by atoms with Crippen LogP contribution in [-0.2, 0) is 0 Å². The topological polar surface area (TPSA) is 24.1 Å². The third kappa shape index (κ3) is 0.644. The van der Waals surface area contributed by atoms with Gasteiger partial charge in [-0.15, -0.1) is 0 Å². The van der Waals surface area contributed by atoms with Crippen molar-refractivity contribution in [3.8, 4) is 0 Å². The highest BCUT2D eigenvalue weighted by Crippen LogP contribution is 2.12. The van der Waals surface area contributed by atoms with Crippen molar-refractivity contribution in [3.63, 3.8) is 0 Å². The van der Waals surface area contributed by atoms with Crippen molar-refractivity contribution in [2.24, 2.45) is 0 Å². The van der Waals surface area contributed by atoms with Crippen LogP contribution >= 0.6 is 0 Å². The van der Waals surface area contributed by atoms with E-state index >= 15 is 0 Å². The van der Waals surface area contributed by atoms with E-state index in [-0.39, 0.29) is 0 Å². The predicted molar refractivity (Wildman–Crippen MR) is 32.5 cm³/mol. The monoisotopic (exact) mass is 111 g/mol. The van der Waals surface area contributed by atoms with Crippen molar-refractivity contribution in [2.45, 2.75) is 18.5 Å². The van der Waals surface area contributed by atoms with E-state index < -0.39 is 0 Å². The summed E-state index contributed by atoms with van der Waals surface area (Å²) in [5, 5.41) is 6.83. The van der Waals surface area contributed by atoms with Crippen molar-refractivity contribution >= 4 is 0 Å². The summed E-state index contributed by atoms with van der Waals surface area (Å²) in [7, 11) is 0. The van der Waals surface area contributed by atoms with E-state index in [1.807, 2.05) is 0 Å². The molecule has 2 aliphatic rings. The van der Waals surface area contributed by atoms with Gasteiger partial charge in [0.05, 0.1) is 0 Å². The minimum atomic E-state index is 0.675. The lowest BCUT2D eigenvalue weighted by molar-refractivity contribution is 0.431. The number of hydrogen-bond acceptors (Lipinski definition) is 2. The van der Waals surface area contributed by atoms with Gasteiger partial charge in [0.15, 0.2) is 0 Å². The van der Waals surface area contributed by atoms with E-state index in [9.17, 15) is 0 Å². The molecule has 0 aromatic carbocycles. The van der Waals surface area contributed by atoms with Crippen LogP contribution in [0.25, 0.3) is 0 Å². The number of rotatable bonds is 0. The van der Waals surface area contributed by atoms with Crippen LogP contribution < -0.4 is 10.6 Å². The zero-order valence-electron chi connectivity index (χ0n) is 4.85. The van der Waals surface area contributed by atoms with Gasteiger partial charge in [-0.25, -0.2) is 0 Å². The second-order valence-corrected chi connectivity index (χ2v) is 2.60. The van der Waals surface area contributed by atoms with E-state index in [1.165, 1.54) is 6.42 Å². The first-order valence-electron chi connectivity index (χ1n) is 3.25. The van der Waals surface area contributed by atoms with Crippen molar-refractivity contribution in [1.82, 2.24) is 10.6 Å².